The normalized spacial score (nSPS) is 10.0. The third-order valence-electron chi connectivity index (χ3n) is 3.78. The van der Waals surface area contributed by atoms with Gasteiger partial charge in [-0.2, -0.15) is 0 Å². The SMILES string of the molecule is CCc1ccc(NC(=S)NNC(=O)COc2ccc(C)c(C)c2)cc1. The molecule has 0 aliphatic rings. The summed E-state index contributed by atoms with van der Waals surface area (Å²) in [4.78, 5) is 11.8. The minimum absolute atomic E-state index is 0.0939. The largest absolute Gasteiger partial charge is 0.484 e. The summed E-state index contributed by atoms with van der Waals surface area (Å²) >= 11 is 5.15. The molecule has 0 aliphatic carbocycles. The van der Waals surface area contributed by atoms with Crippen LogP contribution in [0.15, 0.2) is 42.5 Å². The van der Waals surface area contributed by atoms with Crippen LogP contribution in [0.25, 0.3) is 0 Å². The minimum Gasteiger partial charge on any atom is -0.484 e. The van der Waals surface area contributed by atoms with Crippen LogP contribution in [0.3, 0.4) is 0 Å². The van der Waals surface area contributed by atoms with E-state index >= 15 is 0 Å². The van der Waals surface area contributed by atoms with Gasteiger partial charge in [0, 0.05) is 5.69 Å². The Labute approximate surface area is 153 Å². The highest BCUT2D eigenvalue weighted by atomic mass is 32.1. The zero-order valence-corrected chi connectivity index (χ0v) is 15.5. The molecule has 2 rings (SSSR count). The Hall–Kier alpha value is -2.60. The molecule has 2 aromatic rings. The van der Waals surface area contributed by atoms with Crippen LogP contribution in [-0.4, -0.2) is 17.6 Å². The van der Waals surface area contributed by atoms with Gasteiger partial charge in [0.15, 0.2) is 11.7 Å². The zero-order valence-electron chi connectivity index (χ0n) is 14.7. The number of hydrogen-bond donors (Lipinski definition) is 3. The lowest BCUT2D eigenvalue weighted by molar-refractivity contribution is -0.123. The Morgan fingerprint density at radius 2 is 1.76 bits per heavy atom. The van der Waals surface area contributed by atoms with Crippen LogP contribution in [0.2, 0.25) is 0 Å². The Morgan fingerprint density at radius 1 is 1.04 bits per heavy atom. The molecule has 0 heterocycles. The van der Waals surface area contributed by atoms with Crippen molar-refractivity contribution in [3.05, 3.63) is 59.2 Å². The number of benzene rings is 2. The van der Waals surface area contributed by atoms with E-state index < -0.39 is 0 Å². The fraction of sp³-hybridized carbons (Fsp3) is 0.263. The van der Waals surface area contributed by atoms with E-state index in [0.717, 1.165) is 17.7 Å². The zero-order chi connectivity index (χ0) is 18.2. The highest BCUT2D eigenvalue weighted by Gasteiger charge is 2.05. The van der Waals surface area contributed by atoms with Crippen LogP contribution in [0.1, 0.15) is 23.6 Å². The number of thiocarbonyl (C=S) groups is 1. The fourth-order valence-corrected chi connectivity index (χ4v) is 2.27. The second-order valence-corrected chi connectivity index (χ2v) is 6.12. The molecule has 0 bridgehead atoms. The average molecular weight is 357 g/mol. The molecule has 25 heavy (non-hydrogen) atoms. The van der Waals surface area contributed by atoms with Crippen molar-refractivity contribution in [1.82, 2.24) is 10.9 Å². The molecule has 2 aromatic carbocycles. The van der Waals surface area contributed by atoms with Gasteiger partial charge in [0.05, 0.1) is 0 Å². The summed E-state index contributed by atoms with van der Waals surface area (Å²) < 4.78 is 5.46. The number of ether oxygens (including phenoxy) is 1. The van der Waals surface area contributed by atoms with Gasteiger partial charge in [0.25, 0.3) is 5.91 Å². The molecule has 5 nitrogen and oxygen atoms in total. The summed E-state index contributed by atoms with van der Waals surface area (Å²) in [7, 11) is 0. The number of nitrogens with one attached hydrogen (secondary N) is 3. The van der Waals surface area contributed by atoms with Gasteiger partial charge >= 0.3 is 0 Å². The van der Waals surface area contributed by atoms with Crippen LogP contribution < -0.4 is 20.9 Å². The van der Waals surface area contributed by atoms with Gasteiger partial charge in [-0.1, -0.05) is 25.1 Å². The number of aryl methyl sites for hydroxylation is 3. The molecule has 0 spiro atoms. The van der Waals surface area contributed by atoms with E-state index in [1.54, 1.807) is 0 Å². The van der Waals surface area contributed by atoms with E-state index in [9.17, 15) is 4.79 Å². The molecule has 0 atom stereocenters. The quantitative estimate of drug-likeness (QED) is 0.566. The number of carbonyl (C=O) groups is 1. The van der Waals surface area contributed by atoms with E-state index in [4.69, 9.17) is 17.0 Å². The van der Waals surface area contributed by atoms with Crippen LogP contribution in [0.4, 0.5) is 5.69 Å². The summed E-state index contributed by atoms with van der Waals surface area (Å²) in [6, 6.07) is 13.7. The predicted octanol–water partition coefficient (Wildman–Crippen LogP) is 3.26. The van der Waals surface area contributed by atoms with Crippen molar-refractivity contribution in [3.8, 4) is 5.75 Å². The lowest BCUT2D eigenvalue weighted by Gasteiger charge is -2.12. The summed E-state index contributed by atoms with van der Waals surface area (Å²) in [5.41, 5.74) is 9.57. The van der Waals surface area contributed by atoms with Crippen LogP contribution in [0.5, 0.6) is 5.75 Å². The lowest BCUT2D eigenvalue weighted by Crippen LogP contribution is -2.45. The summed E-state index contributed by atoms with van der Waals surface area (Å²) in [6.45, 7) is 6.04. The van der Waals surface area contributed by atoms with E-state index in [1.807, 2.05) is 56.3 Å². The first kappa shape index (κ1) is 18.7. The number of rotatable bonds is 5. The summed E-state index contributed by atoms with van der Waals surface area (Å²) in [5.74, 6) is 0.346. The summed E-state index contributed by atoms with van der Waals surface area (Å²) in [6.07, 6.45) is 0.986. The summed E-state index contributed by atoms with van der Waals surface area (Å²) in [5, 5.41) is 3.31. The molecule has 0 saturated heterocycles. The number of anilines is 1. The van der Waals surface area contributed by atoms with Crippen molar-refractivity contribution < 1.29 is 9.53 Å². The van der Waals surface area contributed by atoms with Gasteiger partial charge in [0.2, 0.25) is 0 Å². The Kier molecular flexibility index (Phi) is 6.77. The Balaban J connectivity index is 1.73. The molecule has 0 radical (unpaired) electrons. The first-order valence-corrected chi connectivity index (χ1v) is 8.53. The maximum absolute atomic E-state index is 11.8. The second-order valence-electron chi connectivity index (χ2n) is 5.71. The van der Waals surface area contributed by atoms with Crippen molar-refractivity contribution in [3.63, 3.8) is 0 Å². The van der Waals surface area contributed by atoms with Crippen LogP contribution in [0, 0.1) is 13.8 Å². The van der Waals surface area contributed by atoms with E-state index in [2.05, 4.69) is 23.1 Å². The number of hydrazine groups is 1. The van der Waals surface area contributed by atoms with Gasteiger partial charge < -0.3 is 10.1 Å². The average Bonchev–Trinajstić information content (AvgIpc) is 2.61. The highest BCUT2D eigenvalue weighted by Crippen LogP contribution is 2.16. The van der Waals surface area contributed by atoms with Crippen molar-refractivity contribution in [2.45, 2.75) is 27.2 Å². The van der Waals surface area contributed by atoms with Crippen molar-refractivity contribution >= 4 is 28.9 Å². The second kappa shape index (κ2) is 9.03. The van der Waals surface area contributed by atoms with Crippen molar-refractivity contribution in [2.75, 3.05) is 11.9 Å². The first-order valence-electron chi connectivity index (χ1n) is 8.12. The molecule has 0 saturated carbocycles. The molecule has 0 unspecified atom stereocenters. The highest BCUT2D eigenvalue weighted by molar-refractivity contribution is 7.80. The fourth-order valence-electron chi connectivity index (χ4n) is 2.10. The minimum atomic E-state index is -0.316. The number of amides is 1. The Bertz CT molecular complexity index is 745. The molecular formula is C19H23N3O2S. The molecule has 6 heteroatoms. The molecule has 132 valence electrons. The first-order chi connectivity index (χ1) is 12.0. The van der Waals surface area contributed by atoms with E-state index in [-0.39, 0.29) is 12.5 Å². The van der Waals surface area contributed by atoms with Crippen molar-refractivity contribution in [2.24, 2.45) is 0 Å². The maximum atomic E-state index is 11.8. The standard InChI is InChI=1S/C19H23N3O2S/c1-4-15-6-8-16(9-7-15)20-19(25)22-21-18(23)12-24-17-10-5-13(2)14(3)11-17/h5-11H,4,12H2,1-3H3,(H,21,23)(H2,20,22,25). The van der Waals surface area contributed by atoms with Crippen LogP contribution >= 0.6 is 12.2 Å². The monoisotopic (exact) mass is 357 g/mol. The molecule has 0 aliphatic heterocycles. The Morgan fingerprint density at radius 3 is 2.40 bits per heavy atom. The molecule has 1 amide bonds. The van der Waals surface area contributed by atoms with E-state index in [0.29, 0.717) is 10.9 Å². The third kappa shape index (κ3) is 6.08. The molecule has 0 aromatic heterocycles. The van der Waals surface area contributed by atoms with Gasteiger partial charge in [-0.25, -0.2) is 0 Å². The molecular weight excluding hydrogens is 334 g/mol. The number of carbonyl (C=O) groups excluding carboxylic acids is 1. The smallest absolute Gasteiger partial charge is 0.276 e. The van der Waals surface area contributed by atoms with Crippen molar-refractivity contribution in [1.29, 1.82) is 0 Å². The number of hydrogen-bond acceptors (Lipinski definition) is 3. The van der Waals surface area contributed by atoms with Gasteiger partial charge in [0.1, 0.15) is 5.75 Å². The predicted molar refractivity (Wildman–Crippen MR) is 105 cm³/mol. The topological polar surface area (TPSA) is 62.4 Å². The van der Waals surface area contributed by atoms with E-state index in [1.165, 1.54) is 11.1 Å². The van der Waals surface area contributed by atoms with Gasteiger partial charge in [-0.3, -0.25) is 15.6 Å². The van der Waals surface area contributed by atoms with Crippen LogP contribution in [-0.2, 0) is 11.2 Å². The van der Waals surface area contributed by atoms with Gasteiger partial charge in [-0.15, -0.1) is 0 Å². The van der Waals surface area contributed by atoms with Gasteiger partial charge in [-0.05, 0) is 73.4 Å². The molecule has 0 fully saturated rings. The maximum Gasteiger partial charge on any atom is 0.276 e. The third-order valence-corrected chi connectivity index (χ3v) is 3.99. The lowest BCUT2D eigenvalue weighted by atomic mass is 10.1. The molecule has 3 N–H and O–H groups in total.